The summed E-state index contributed by atoms with van der Waals surface area (Å²) in [6, 6.07) is 7.29. The third kappa shape index (κ3) is 5.67. The van der Waals surface area contributed by atoms with Crippen LogP contribution in [0, 0.1) is 6.92 Å². The molecule has 0 bridgehead atoms. The summed E-state index contributed by atoms with van der Waals surface area (Å²) in [5.74, 6) is 2.07. The van der Waals surface area contributed by atoms with Crippen molar-refractivity contribution in [3.05, 3.63) is 41.9 Å². The van der Waals surface area contributed by atoms with Gasteiger partial charge in [0.05, 0.1) is 20.5 Å². The topological polar surface area (TPSA) is 97.1 Å². The monoisotopic (exact) mass is 374 g/mol. The third-order valence-electron chi connectivity index (χ3n) is 3.87. The molecule has 2 rings (SSSR count). The number of furan rings is 1. The third-order valence-corrected chi connectivity index (χ3v) is 3.87. The molecule has 1 amide bonds. The van der Waals surface area contributed by atoms with E-state index in [-0.39, 0.29) is 5.91 Å². The van der Waals surface area contributed by atoms with E-state index < -0.39 is 0 Å². The molecular formula is C19H26N4O4. The number of carbonyl (C=O) groups is 1. The number of ether oxygens (including phenoxy) is 2. The molecule has 27 heavy (non-hydrogen) atoms. The Hall–Kier alpha value is -3.16. The number of rotatable bonds is 8. The van der Waals surface area contributed by atoms with Gasteiger partial charge in [-0.05, 0) is 31.5 Å². The lowest BCUT2D eigenvalue weighted by Gasteiger charge is -2.14. The van der Waals surface area contributed by atoms with E-state index in [1.165, 1.54) is 6.26 Å². The smallest absolute Gasteiger partial charge is 0.287 e. The van der Waals surface area contributed by atoms with Gasteiger partial charge in [-0.2, -0.15) is 0 Å². The highest BCUT2D eigenvalue weighted by Gasteiger charge is 2.11. The summed E-state index contributed by atoms with van der Waals surface area (Å²) in [5.41, 5.74) is 1.65. The average Bonchev–Trinajstić information content (AvgIpc) is 3.12. The number of hydrogen-bond donors (Lipinski definition) is 3. The van der Waals surface area contributed by atoms with Crippen LogP contribution in [-0.2, 0) is 0 Å². The second-order valence-electron chi connectivity index (χ2n) is 5.74. The molecule has 3 N–H and O–H groups in total. The standard InChI is InChI=1S/C19H26N4O4/c1-13-8-11-27-17(13)18(24)21-9-5-10-22-19(20-2)23-14-6-7-15(25-3)16(12-14)26-4/h6-8,11-12H,5,9-10H2,1-4H3,(H,21,24)(H2,20,22,23). The fourth-order valence-corrected chi connectivity index (χ4v) is 2.41. The van der Waals surface area contributed by atoms with Gasteiger partial charge in [-0.1, -0.05) is 0 Å². The largest absolute Gasteiger partial charge is 0.493 e. The van der Waals surface area contributed by atoms with Crippen molar-refractivity contribution in [1.82, 2.24) is 10.6 Å². The molecule has 1 heterocycles. The molecule has 0 atom stereocenters. The van der Waals surface area contributed by atoms with Crippen LogP contribution in [-0.4, -0.2) is 46.2 Å². The van der Waals surface area contributed by atoms with E-state index in [0.29, 0.717) is 36.3 Å². The van der Waals surface area contributed by atoms with Crippen molar-refractivity contribution in [3.8, 4) is 11.5 Å². The number of anilines is 1. The lowest BCUT2D eigenvalue weighted by molar-refractivity contribution is 0.0925. The highest BCUT2D eigenvalue weighted by molar-refractivity contribution is 5.94. The van der Waals surface area contributed by atoms with Crippen molar-refractivity contribution in [2.45, 2.75) is 13.3 Å². The van der Waals surface area contributed by atoms with Crippen LogP contribution in [0.1, 0.15) is 22.5 Å². The normalized spacial score (nSPS) is 11.0. The van der Waals surface area contributed by atoms with Crippen molar-refractivity contribution in [3.63, 3.8) is 0 Å². The summed E-state index contributed by atoms with van der Waals surface area (Å²) < 4.78 is 15.7. The number of guanidine groups is 1. The first-order valence-electron chi connectivity index (χ1n) is 8.61. The number of aliphatic imine (C=N–C) groups is 1. The van der Waals surface area contributed by atoms with E-state index in [9.17, 15) is 4.79 Å². The molecule has 146 valence electrons. The van der Waals surface area contributed by atoms with Crippen LogP contribution in [0.4, 0.5) is 5.69 Å². The van der Waals surface area contributed by atoms with Gasteiger partial charge in [0.15, 0.2) is 23.2 Å². The lowest BCUT2D eigenvalue weighted by atomic mass is 10.2. The van der Waals surface area contributed by atoms with Gasteiger partial charge >= 0.3 is 0 Å². The zero-order chi connectivity index (χ0) is 19.6. The number of nitrogens with one attached hydrogen (secondary N) is 3. The number of methoxy groups -OCH3 is 2. The molecule has 8 nitrogen and oxygen atoms in total. The Labute approximate surface area is 159 Å². The van der Waals surface area contributed by atoms with Crippen molar-refractivity contribution >= 4 is 17.6 Å². The van der Waals surface area contributed by atoms with Crippen molar-refractivity contribution in [1.29, 1.82) is 0 Å². The van der Waals surface area contributed by atoms with Gasteiger partial charge < -0.3 is 29.8 Å². The molecule has 0 saturated carbocycles. The molecule has 2 aromatic rings. The van der Waals surface area contributed by atoms with Gasteiger partial charge in [-0.15, -0.1) is 0 Å². The summed E-state index contributed by atoms with van der Waals surface area (Å²) in [6.45, 7) is 3.01. The Morgan fingerprint density at radius 2 is 1.85 bits per heavy atom. The first kappa shape index (κ1) is 20.2. The summed E-state index contributed by atoms with van der Waals surface area (Å²) in [6.07, 6.45) is 2.24. The fourth-order valence-electron chi connectivity index (χ4n) is 2.41. The van der Waals surface area contributed by atoms with E-state index in [1.807, 2.05) is 25.1 Å². The molecule has 0 aliphatic heterocycles. The number of aryl methyl sites for hydroxylation is 1. The first-order chi connectivity index (χ1) is 13.1. The Kier molecular flexibility index (Phi) is 7.54. The molecular weight excluding hydrogens is 348 g/mol. The Morgan fingerprint density at radius 3 is 2.48 bits per heavy atom. The van der Waals surface area contributed by atoms with Crippen LogP contribution >= 0.6 is 0 Å². The van der Waals surface area contributed by atoms with Gasteiger partial charge in [0.1, 0.15) is 0 Å². The fraction of sp³-hybridized carbons (Fsp3) is 0.368. The first-order valence-corrected chi connectivity index (χ1v) is 8.61. The molecule has 0 unspecified atom stereocenters. The molecule has 0 fully saturated rings. The lowest BCUT2D eigenvalue weighted by Crippen LogP contribution is -2.33. The maximum Gasteiger partial charge on any atom is 0.287 e. The minimum absolute atomic E-state index is 0.203. The number of amides is 1. The van der Waals surface area contributed by atoms with Gasteiger partial charge in [0.2, 0.25) is 0 Å². The maximum absolute atomic E-state index is 12.0. The molecule has 8 heteroatoms. The van der Waals surface area contributed by atoms with E-state index in [0.717, 1.165) is 17.7 Å². The predicted octanol–water partition coefficient (Wildman–Crippen LogP) is 2.41. The van der Waals surface area contributed by atoms with E-state index in [2.05, 4.69) is 20.9 Å². The minimum Gasteiger partial charge on any atom is -0.493 e. The van der Waals surface area contributed by atoms with Gasteiger partial charge in [0.25, 0.3) is 5.91 Å². The Balaban J connectivity index is 1.76. The molecule has 0 aliphatic rings. The molecule has 1 aromatic carbocycles. The van der Waals surface area contributed by atoms with Gasteiger partial charge in [-0.25, -0.2) is 0 Å². The van der Waals surface area contributed by atoms with Crippen molar-refractivity contribution < 1.29 is 18.7 Å². The van der Waals surface area contributed by atoms with Crippen LogP contribution in [0.15, 0.2) is 39.9 Å². The zero-order valence-corrected chi connectivity index (χ0v) is 16.1. The highest BCUT2D eigenvalue weighted by Crippen LogP contribution is 2.29. The van der Waals surface area contributed by atoms with Crippen LogP contribution in [0.3, 0.4) is 0 Å². The summed E-state index contributed by atoms with van der Waals surface area (Å²) >= 11 is 0. The molecule has 1 aromatic heterocycles. The van der Waals surface area contributed by atoms with E-state index >= 15 is 0 Å². The molecule has 0 saturated heterocycles. The van der Waals surface area contributed by atoms with Gasteiger partial charge in [0, 0.05) is 37.5 Å². The Bertz CT molecular complexity index is 786. The van der Waals surface area contributed by atoms with Gasteiger partial charge in [-0.3, -0.25) is 9.79 Å². The van der Waals surface area contributed by atoms with Crippen LogP contribution in [0.25, 0.3) is 0 Å². The molecule has 0 aliphatic carbocycles. The number of benzene rings is 1. The molecule has 0 spiro atoms. The summed E-state index contributed by atoms with van der Waals surface area (Å²) in [4.78, 5) is 16.1. The zero-order valence-electron chi connectivity index (χ0n) is 16.1. The van der Waals surface area contributed by atoms with Crippen LogP contribution in [0.2, 0.25) is 0 Å². The summed E-state index contributed by atoms with van der Waals surface area (Å²) in [7, 11) is 4.88. The summed E-state index contributed by atoms with van der Waals surface area (Å²) in [5, 5.41) is 9.21. The molecule has 0 radical (unpaired) electrons. The van der Waals surface area contributed by atoms with E-state index in [4.69, 9.17) is 13.9 Å². The number of nitrogens with zero attached hydrogens (tertiary/aromatic N) is 1. The minimum atomic E-state index is -0.203. The second kappa shape index (κ2) is 10.1. The van der Waals surface area contributed by atoms with Crippen LogP contribution < -0.4 is 25.4 Å². The van der Waals surface area contributed by atoms with E-state index in [1.54, 1.807) is 27.3 Å². The SMILES string of the molecule is CN=C(NCCCNC(=O)c1occc1C)Nc1ccc(OC)c(OC)c1. The second-order valence-corrected chi connectivity index (χ2v) is 5.74. The number of carbonyl (C=O) groups excluding carboxylic acids is 1. The average molecular weight is 374 g/mol. The highest BCUT2D eigenvalue weighted by atomic mass is 16.5. The quantitative estimate of drug-likeness (QED) is 0.373. The van der Waals surface area contributed by atoms with Crippen molar-refractivity contribution in [2.24, 2.45) is 4.99 Å². The van der Waals surface area contributed by atoms with Crippen molar-refractivity contribution in [2.75, 3.05) is 39.7 Å². The Morgan fingerprint density at radius 1 is 1.11 bits per heavy atom. The maximum atomic E-state index is 12.0. The number of hydrogen-bond acceptors (Lipinski definition) is 5. The predicted molar refractivity (Wildman–Crippen MR) is 105 cm³/mol. The van der Waals surface area contributed by atoms with Crippen LogP contribution in [0.5, 0.6) is 11.5 Å².